The SMILES string of the molecule is CCC1CCC(NC(=O)C(=O)Nc2ccccc2C(=O)NCc2ccccc2OC)CC1. The molecule has 0 bridgehead atoms. The summed E-state index contributed by atoms with van der Waals surface area (Å²) < 4.78 is 5.31. The van der Waals surface area contributed by atoms with Gasteiger partial charge in [0.25, 0.3) is 5.91 Å². The minimum Gasteiger partial charge on any atom is -0.496 e. The third-order valence-corrected chi connectivity index (χ3v) is 6.02. The lowest BCUT2D eigenvalue weighted by Gasteiger charge is -2.28. The van der Waals surface area contributed by atoms with E-state index in [1.165, 1.54) is 0 Å². The van der Waals surface area contributed by atoms with Crippen molar-refractivity contribution in [1.82, 2.24) is 10.6 Å². The maximum atomic E-state index is 12.8. The zero-order valence-electron chi connectivity index (χ0n) is 18.6. The molecule has 1 aliphatic rings. The van der Waals surface area contributed by atoms with E-state index in [1.807, 2.05) is 24.3 Å². The van der Waals surface area contributed by atoms with Gasteiger partial charge < -0.3 is 20.7 Å². The highest BCUT2D eigenvalue weighted by Crippen LogP contribution is 2.26. The summed E-state index contributed by atoms with van der Waals surface area (Å²) in [5.74, 6) is -0.413. The average Bonchev–Trinajstić information content (AvgIpc) is 2.83. The van der Waals surface area contributed by atoms with Crippen molar-refractivity contribution >= 4 is 23.4 Å². The Kier molecular flexibility index (Phi) is 8.25. The van der Waals surface area contributed by atoms with Gasteiger partial charge in [0.2, 0.25) is 0 Å². The number of anilines is 1. The van der Waals surface area contributed by atoms with Crippen LogP contribution in [0.2, 0.25) is 0 Å². The van der Waals surface area contributed by atoms with Crippen molar-refractivity contribution in [3.63, 3.8) is 0 Å². The van der Waals surface area contributed by atoms with E-state index in [0.717, 1.165) is 37.7 Å². The van der Waals surface area contributed by atoms with Crippen molar-refractivity contribution in [3.8, 4) is 5.75 Å². The van der Waals surface area contributed by atoms with Crippen LogP contribution >= 0.6 is 0 Å². The van der Waals surface area contributed by atoms with Gasteiger partial charge in [-0.05, 0) is 49.8 Å². The monoisotopic (exact) mass is 437 g/mol. The van der Waals surface area contributed by atoms with Crippen molar-refractivity contribution in [2.75, 3.05) is 12.4 Å². The second kappa shape index (κ2) is 11.3. The fourth-order valence-electron chi connectivity index (χ4n) is 4.05. The number of rotatable bonds is 7. The van der Waals surface area contributed by atoms with Crippen molar-refractivity contribution in [3.05, 3.63) is 59.7 Å². The van der Waals surface area contributed by atoms with Gasteiger partial charge in [0.15, 0.2) is 0 Å². The van der Waals surface area contributed by atoms with Crippen LogP contribution in [0.5, 0.6) is 5.75 Å². The first-order chi connectivity index (χ1) is 15.5. The highest BCUT2D eigenvalue weighted by molar-refractivity contribution is 6.40. The van der Waals surface area contributed by atoms with E-state index >= 15 is 0 Å². The normalized spacial score (nSPS) is 17.8. The number of nitrogens with one attached hydrogen (secondary N) is 3. The number of benzene rings is 2. The quantitative estimate of drug-likeness (QED) is 0.576. The maximum Gasteiger partial charge on any atom is 0.313 e. The van der Waals surface area contributed by atoms with Crippen molar-refractivity contribution in [2.45, 2.75) is 51.6 Å². The number of hydrogen-bond donors (Lipinski definition) is 3. The number of ether oxygens (including phenoxy) is 1. The molecule has 0 atom stereocenters. The van der Waals surface area contributed by atoms with E-state index in [0.29, 0.717) is 17.4 Å². The standard InChI is InChI=1S/C25H31N3O4/c1-3-17-12-14-19(15-13-17)27-24(30)25(31)28-21-10-6-5-9-20(21)23(29)26-16-18-8-4-7-11-22(18)32-2/h4-11,17,19H,3,12-16H2,1-2H3,(H,26,29)(H,27,30)(H,28,31). The molecule has 0 spiro atoms. The molecule has 3 amide bonds. The van der Waals surface area contributed by atoms with Crippen LogP contribution in [-0.2, 0) is 16.1 Å². The summed E-state index contributed by atoms with van der Waals surface area (Å²) in [4.78, 5) is 37.6. The highest BCUT2D eigenvalue weighted by atomic mass is 16.5. The van der Waals surface area contributed by atoms with Crippen LogP contribution in [-0.4, -0.2) is 30.9 Å². The number of carbonyl (C=O) groups is 3. The first-order valence-corrected chi connectivity index (χ1v) is 11.1. The molecule has 0 aromatic heterocycles. The van der Waals surface area contributed by atoms with Gasteiger partial charge in [-0.2, -0.15) is 0 Å². The summed E-state index contributed by atoms with van der Waals surface area (Å²) in [6, 6.07) is 14.1. The molecular formula is C25H31N3O4. The zero-order valence-corrected chi connectivity index (χ0v) is 18.6. The summed E-state index contributed by atoms with van der Waals surface area (Å²) in [6.45, 7) is 2.45. The molecule has 3 rings (SSSR count). The Morgan fingerprint density at radius 2 is 1.62 bits per heavy atom. The molecule has 0 heterocycles. The van der Waals surface area contributed by atoms with Crippen molar-refractivity contribution < 1.29 is 19.1 Å². The molecule has 0 radical (unpaired) electrons. The Labute approximate surface area is 188 Å². The second-order valence-electron chi connectivity index (χ2n) is 8.09. The lowest BCUT2D eigenvalue weighted by atomic mass is 9.84. The van der Waals surface area contributed by atoms with Gasteiger partial charge in [0.05, 0.1) is 18.4 Å². The predicted molar refractivity (Wildman–Crippen MR) is 123 cm³/mol. The van der Waals surface area contributed by atoms with Gasteiger partial charge in [-0.25, -0.2) is 0 Å². The van der Waals surface area contributed by atoms with Crippen LogP contribution in [0.3, 0.4) is 0 Å². The lowest BCUT2D eigenvalue weighted by Crippen LogP contribution is -2.43. The molecular weight excluding hydrogens is 406 g/mol. The molecule has 0 aliphatic heterocycles. The van der Waals surface area contributed by atoms with Gasteiger partial charge in [-0.3, -0.25) is 14.4 Å². The van der Waals surface area contributed by atoms with E-state index in [9.17, 15) is 14.4 Å². The lowest BCUT2D eigenvalue weighted by molar-refractivity contribution is -0.136. The Hall–Kier alpha value is -3.35. The molecule has 3 N–H and O–H groups in total. The third-order valence-electron chi connectivity index (χ3n) is 6.02. The number of hydrogen-bond acceptors (Lipinski definition) is 4. The number of amides is 3. The minimum absolute atomic E-state index is 0.0236. The smallest absolute Gasteiger partial charge is 0.313 e. The van der Waals surface area contributed by atoms with E-state index in [2.05, 4.69) is 22.9 Å². The second-order valence-corrected chi connectivity index (χ2v) is 8.09. The van der Waals surface area contributed by atoms with E-state index < -0.39 is 11.8 Å². The van der Waals surface area contributed by atoms with Gasteiger partial charge >= 0.3 is 11.8 Å². The Bertz CT molecular complexity index is 952. The molecule has 0 saturated heterocycles. The van der Waals surface area contributed by atoms with E-state index in [-0.39, 0.29) is 24.1 Å². The van der Waals surface area contributed by atoms with Crippen molar-refractivity contribution in [2.24, 2.45) is 5.92 Å². The Balaban J connectivity index is 1.58. The number of methoxy groups -OCH3 is 1. The first-order valence-electron chi connectivity index (χ1n) is 11.1. The summed E-state index contributed by atoms with van der Waals surface area (Å²) in [7, 11) is 1.58. The molecule has 1 fully saturated rings. The molecule has 7 heteroatoms. The van der Waals surface area contributed by atoms with Gasteiger partial charge in [-0.15, -0.1) is 0 Å². The molecule has 32 heavy (non-hydrogen) atoms. The fraction of sp³-hybridized carbons (Fsp3) is 0.400. The molecule has 170 valence electrons. The van der Waals surface area contributed by atoms with Gasteiger partial charge in [-0.1, -0.05) is 43.7 Å². The topological polar surface area (TPSA) is 96.5 Å². The van der Waals surface area contributed by atoms with Crippen molar-refractivity contribution in [1.29, 1.82) is 0 Å². The number of para-hydroxylation sites is 2. The molecule has 2 aromatic carbocycles. The van der Waals surface area contributed by atoms with Gasteiger partial charge in [0.1, 0.15) is 5.75 Å². The van der Waals surface area contributed by atoms with Crippen LogP contribution < -0.4 is 20.7 Å². The first kappa shape index (κ1) is 23.3. The summed E-state index contributed by atoms with van der Waals surface area (Å²) in [6.07, 6.45) is 5.06. The van der Waals surface area contributed by atoms with E-state index in [1.54, 1.807) is 31.4 Å². The summed E-state index contributed by atoms with van der Waals surface area (Å²) in [5, 5.41) is 8.25. The average molecular weight is 438 g/mol. The largest absolute Gasteiger partial charge is 0.496 e. The molecule has 1 saturated carbocycles. The third kappa shape index (κ3) is 6.09. The molecule has 7 nitrogen and oxygen atoms in total. The Morgan fingerprint density at radius 1 is 0.938 bits per heavy atom. The maximum absolute atomic E-state index is 12.8. The van der Waals surface area contributed by atoms with Gasteiger partial charge in [0, 0.05) is 18.2 Å². The Morgan fingerprint density at radius 3 is 2.34 bits per heavy atom. The minimum atomic E-state index is -0.771. The van der Waals surface area contributed by atoms with Crippen LogP contribution in [0.25, 0.3) is 0 Å². The highest BCUT2D eigenvalue weighted by Gasteiger charge is 2.24. The van der Waals surface area contributed by atoms with Crippen LogP contribution in [0.15, 0.2) is 48.5 Å². The molecule has 1 aliphatic carbocycles. The fourth-order valence-corrected chi connectivity index (χ4v) is 4.05. The zero-order chi connectivity index (χ0) is 22.9. The summed E-state index contributed by atoms with van der Waals surface area (Å²) in [5.41, 5.74) is 1.41. The number of carbonyl (C=O) groups excluding carboxylic acids is 3. The van der Waals surface area contributed by atoms with Crippen LogP contribution in [0.1, 0.15) is 54.9 Å². The summed E-state index contributed by atoms with van der Waals surface area (Å²) >= 11 is 0. The molecule has 2 aromatic rings. The van der Waals surface area contributed by atoms with Crippen LogP contribution in [0, 0.1) is 5.92 Å². The van der Waals surface area contributed by atoms with Crippen LogP contribution in [0.4, 0.5) is 5.69 Å². The predicted octanol–water partition coefficient (Wildman–Crippen LogP) is 3.65. The molecule has 0 unspecified atom stereocenters. The van der Waals surface area contributed by atoms with E-state index in [4.69, 9.17) is 4.74 Å².